The first-order valence-corrected chi connectivity index (χ1v) is 4.39. The van der Waals surface area contributed by atoms with Gasteiger partial charge in [-0.1, -0.05) is 33.8 Å². The van der Waals surface area contributed by atoms with Gasteiger partial charge in [0.25, 0.3) is 0 Å². The molecule has 0 saturated heterocycles. The minimum atomic E-state index is 0.597. The van der Waals surface area contributed by atoms with Gasteiger partial charge >= 0.3 is 0 Å². The summed E-state index contributed by atoms with van der Waals surface area (Å²) in [5.74, 6) is 2.05. The van der Waals surface area contributed by atoms with Gasteiger partial charge < -0.3 is 5.73 Å². The Morgan fingerprint density at radius 3 is 1.91 bits per heavy atom. The molecule has 0 amide bonds. The second-order valence-corrected chi connectivity index (χ2v) is 3.87. The summed E-state index contributed by atoms with van der Waals surface area (Å²) in [5.41, 5.74) is 6.53. The molecule has 0 aromatic heterocycles. The van der Waals surface area contributed by atoms with E-state index in [0.29, 0.717) is 11.8 Å². The molecule has 66 valence electrons. The van der Waals surface area contributed by atoms with Crippen LogP contribution in [0.5, 0.6) is 0 Å². The lowest BCUT2D eigenvalue weighted by molar-refractivity contribution is 0.341. The van der Waals surface area contributed by atoms with E-state index in [0.717, 1.165) is 11.6 Å². The molecule has 0 aliphatic heterocycles. The average Bonchev–Trinajstić information content (AvgIpc) is 1.84. The van der Waals surface area contributed by atoms with Crippen LogP contribution in [0.4, 0.5) is 0 Å². The van der Waals surface area contributed by atoms with E-state index in [9.17, 15) is 0 Å². The maximum absolute atomic E-state index is 5.59. The highest BCUT2D eigenvalue weighted by atomic mass is 14.5. The van der Waals surface area contributed by atoms with Gasteiger partial charge in [0.15, 0.2) is 0 Å². The second-order valence-electron chi connectivity index (χ2n) is 3.87. The number of nitrogens with two attached hydrogens (primary N) is 1. The highest BCUT2D eigenvalue weighted by molar-refractivity contribution is 4.96. The van der Waals surface area contributed by atoms with Crippen LogP contribution >= 0.6 is 0 Å². The monoisotopic (exact) mass is 155 g/mol. The smallest absolute Gasteiger partial charge is 0.00111 e. The van der Waals surface area contributed by atoms with Gasteiger partial charge in [-0.25, -0.2) is 0 Å². The number of allylic oxidation sites excluding steroid dienone is 2. The van der Waals surface area contributed by atoms with E-state index in [4.69, 9.17) is 5.73 Å². The van der Waals surface area contributed by atoms with E-state index >= 15 is 0 Å². The lowest BCUT2D eigenvalue weighted by Crippen LogP contribution is -2.13. The van der Waals surface area contributed by atoms with Gasteiger partial charge in [-0.3, -0.25) is 0 Å². The van der Waals surface area contributed by atoms with E-state index in [1.54, 1.807) is 0 Å². The third-order valence-corrected chi connectivity index (χ3v) is 2.41. The Kier molecular flexibility index (Phi) is 4.24. The van der Waals surface area contributed by atoms with Crippen molar-refractivity contribution in [3.05, 3.63) is 11.8 Å². The number of hydrogen-bond acceptors (Lipinski definition) is 1. The van der Waals surface area contributed by atoms with Crippen molar-refractivity contribution in [2.45, 2.75) is 34.6 Å². The van der Waals surface area contributed by atoms with Crippen molar-refractivity contribution in [1.29, 1.82) is 0 Å². The summed E-state index contributed by atoms with van der Waals surface area (Å²) in [7, 11) is 0. The minimum absolute atomic E-state index is 0.597. The van der Waals surface area contributed by atoms with E-state index in [1.807, 2.05) is 6.92 Å². The van der Waals surface area contributed by atoms with Gasteiger partial charge in [-0.15, -0.1) is 0 Å². The molecule has 0 radical (unpaired) electrons. The molecule has 0 rings (SSSR count). The largest absolute Gasteiger partial charge is 0.403 e. The Morgan fingerprint density at radius 1 is 1.18 bits per heavy atom. The first kappa shape index (κ1) is 10.5. The molecule has 0 aliphatic rings. The molecule has 11 heavy (non-hydrogen) atoms. The molecule has 0 spiro atoms. The van der Waals surface area contributed by atoms with Crippen molar-refractivity contribution in [1.82, 2.24) is 0 Å². The Hall–Kier alpha value is -0.460. The highest BCUT2D eigenvalue weighted by Crippen LogP contribution is 2.21. The first-order chi connectivity index (χ1) is 4.95. The predicted molar refractivity (Wildman–Crippen MR) is 51.1 cm³/mol. The molecule has 0 aromatic carbocycles. The van der Waals surface area contributed by atoms with Crippen LogP contribution in [0.1, 0.15) is 34.6 Å². The van der Waals surface area contributed by atoms with Gasteiger partial charge in [0.05, 0.1) is 0 Å². The molecule has 0 aromatic rings. The summed E-state index contributed by atoms with van der Waals surface area (Å²) < 4.78 is 0. The Bertz CT molecular complexity index is 132. The van der Waals surface area contributed by atoms with Crippen LogP contribution in [0.25, 0.3) is 0 Å². The lowest BCUT2D eigenvalue weighted by atomic mass is 9.86. The Balaban J connectivity index is 4.03. The summed E-state index contributed by atoms with van der Waals surface area (Å²) in [6.45, 7) is 10.9. The van der Waals surface area contributed by atoms with Gasteiger partial charge in [0, 0.05) is 5.70 Å². The Labute approximate surface area is 70.7 Å². The molecule has 2 N–H and O–H groups in total. The topological polar surface area (TPSA) is 26.0 Å². The van der Waals surface area contributed by atoms with Crippen LogP contribution in [0.3, 0.4) is 0 Å². The van der Waals surface area contributed by atoms with E-state index in [-0.39, 0.29) is 0 Å². The van der Waals surface area contributed by atoms with Crippen molar-refractivity contribution in [3.8, 4) is 0 Å². The molecule has 0 fully saturated rings. The molecule has 0 bridgehead atoms. The minimum Gasteiger partial charge on any atom is -0.403 e. The zero-order chi connectivity index (χ0) is 9.02. The fraction of sp³-hybridized carbons (Fsp3) is 0.800. The zero-order valence-corrected chi connectivity index (χ0v) is 8.39. The van der Waals surface area contributed by atoms with Crippen LogP contribution in [0.2, 0.25) is 0 Å². The van der Waals surface area contributed by atoms with E-state index in [1.165, 1.54) is 0 Å². The molecule has 0 heterocycles. The molecule has 1 heteroatoms. The average molecular weight is 155 g/mol. The lowest BCUT2D eigenvalue weighted by Gasteiger charge is -2.20. The quantitative estimate of drug-likeness (QED) is 0.666. The zero-order valence-electron chi connectivity index (χ0n) is 8.39. The van der Waals surface area contributed by atoms with Crippen molar-refractivity contribution < 1.29 is 0 Å². The Morgan fingerprint density at radius 2 is 1.64 bits per heavy atom. The predicted octanol–water partition coefficient (Wildman–Crippen LogP) is 2.78. The van der Waals surface area contributed by atoms with Gasteiger partial charge in [0.2, 0.25) is 0 Å². The number of rotatable bonds is 3. The summed E-state index contributed by atoms with van der Waals surface area (Å²) in [6.07, 6.45) is 2.14. The van der Waals surface area contributed by atoms with Crippen molar-refractivity contribution in [2.75, 3.05) is 0 Å². The van der Waals surface area contributed by atoms with Gasteiger partial charge in [-0.2, -0.15) is 0 Å². The standard InChI is InChI=1S/C10H21N/c1-7(2)10(5)8(3)6-9(4)11/h6-8,10H,11H2,1-5H3/b9-6-. The molecular formula is C10H21N. The van der Waals surface area contributed by atoms with Crippen molar-refractivity contribution in [3.63, 3.8) is 0 Å². The maximum Gasteiger partial charge on any atom is 0.00111 e. The third kappa shape index (κ3) is 4.07. The summed E-state index contributed by atoms with van der Waals surface area (Å²) in [5, 5.41) is 0. The summed E-state index contributed by atoms with van der Waals surface area (Å²) in [6, 6.07) is 0. The first-order valence-electron chi connectivity index (χ1n) is 4.39. The van der Waals surface area contributed by atoms with Crippen LogP contribution in [-0.4, -0.2) is 0 Å². The molecular weight excluding hydrogens is 134 g/mol. The fourth-order valence-corrected chi connectivity index (χ4v) is 1.17. The van der Waals surface area contributed by atoms with Crippen LogP contribution < -0.4 is 5.73 Å². The van der Waals surface area contributed by atoms with Crippen LogP contribution in [0.15, 0.2) is 11.8 Å². The molecule has 2 unspecified atom stereocenters. The normalized spacial score (nSPS) is 18.5. The van der Waals surface area contributed by atoms with Gasteiger partial charge in [0.1, 0.15) is 0 Å². The number of hydrogen-bond donors (Lipinski definition) is 1. The second kappa shape index (κ2) is 4.42. The summed E-state index contributed by atoms with van der Waals surface area (Å²) in [4.78, 5) is 0. The fourth-order valence-electron chi connectivity index (χ4n) is 1.17. The van der Waals surface area contributed by atoms with Gasteiger partial charge in [-0.05, 0) is 24.7 Å². The summed E-state index contributed by atoms with van der Waals surface area (Å²) >= 11 is 0. The van der Waals surface area contributed by atoms with Crippen LogP contribution in [-0.2, 0) is 0 Å². The molecule has 1 nitrogen and oxygen atoms in total. The van der Waals surface area contributed by atoms with Crippen LogP contribution in [0, 0.1) is 17.8 Å². The van der Waals surface area contributed by atoms with Crippen molar-refractivity contribution >= 4 is 0 Å². The molecule has 0 saturated carbocycles. The van der Waals surface area contributed by atoms with Crippen molar-refractivity contribution in [2.24, 2.45) is 23.5 Å². The molecule has 2 atom stereocenters. The van der Waals surface area contributed by atoms with E-state index < -0.39 is 0 Å². The van der Waals surface area contributed by atoms with E-state index in [2.05, 4.69) is 33.8 Å². The third-order valence-electron chi connectivity index (χ3n) is 2.41. The maximum atomic E-state index is 5.59. The molecule has 0 aliphatic carbocycles. The SMILES string of the molecule is C/C(N)=C/C(C)C(C)C(C)C. The highest BCUT2D eigenvalue weighted by Gasteiger charge is 2.12.